The van der Waals surface area contributed by atoms with Crippen LogP contribution < -0.4 is 0 Å². The van der Waals surface area contributed by atoms with E-state index in [1.54, 1.807) is 13.0 Å². The first-order chi connectivity index (χ1) is 6.24. The molecule has 0 aliphatic rings. The minimum atomic E-state index is 1.34. The van der Waals surface area contributed by atoms with Gasteiger partial charge in [0.25, 0.3) is 0 Å². The topological polar surface area (TPSA) is 0 Å². The summed E-state index contributed by atoms with van der Waals surface area (Å²) in [5.74, 6) is 2.25. The van der Waals surface area contributed by atoms with Crippen molar-refractivity contribution >= 4 is 0 Å². The third kappa shape index (κ3) is 97.6. The highest BCUT2D eigenvalue weighted by Crippen LogP contribution is 1.88. The molecule has 0 unspecified atom stereocenters. The summed E-state index contributed by atoms with van der Waals surface area (Å²) in [6.45, 7) is 11.5. The van der Waals surface area contributed by atoms with Crippen LogP contribution in [0, 0.1) is 12.3 Å². The van der Waals surface area contributed by atoms with Crippen LogP contribution in [0.15, 0.2) is 24.8 Å². The van der Waals surface area contributed by atoms with E-state index in [9.17, 15) is 0 Å². The zero-order valence-corrected chi connectivity index (χ0v) is 9.64. The molecule has 0 aliphatic carbocycles. The van der Waals surface area contributed by atoms with Gasteiger partial charge in [0.05, 0.1) is 0 Å². The lowest BCUT2D eigenvalue weighted by atomic mass is 10.3. The molecule has 0 amide bonds. The summed E-state index contributed by atoms with van der Waals surface area (Å²) in [5, 5.41) is 0. The molecule has 0 aliphatic heterocycles. The molecule has 0 N–H and O–H groups in total. The summed E-state index contributed by atoms with van der Waals surface area (Å²) < 4.78 is 0. The van der Waals surface area contributed by atoms with Crippen LogP contribution in [-0.2, 0) is 0 Å². The molecule has 0 aromatic carbocycles. The fraction of sp³-hybridized carbons (Fsp3) is 0.538. The molecular weight excluding hydrogens is 156 g/mol. The molecule has 0 aromatic rings. The molecular formula is C13H24. The van der Waals surface area contributed by atoms with E-state index in [-0.39, 0.29) is 0 Å². The van der Waals surface area contributed by atoms with Crippen molar-refractivity contribution in [2.45, 2.75) is 47.0 Å². The lowest BCUT2D eigenvalue weighted by Gasteiger charge is -1.79. The normalized spacial score (nSPS) is 7.31. The lowest BCUT2D eigenvalue weighted by molar-refractivity contribution is 0.772. The van der Waals surface area contributed by atoms with Crippen LogP contribution in [0.1, 0.15) is 47.0 Å². The van der Waals surface area contributed by atoms with Crippen LogP contribution in [-0.4, -0.2) is 0 Å². The van der Waals surface area contributed by atoms with E-state index < -0.39 is 0 Å². The van der Waals surface area contributed by atoms with Crippen LogP contribution in [0.25, 0.3) is 0 Å². The number of hydrogen-bond acceptors (Lipinski definition) is 0. The first kappa shape index (κ1) is 18.0. The Hall–Kier alpha value is -0.960. The maximum atomic E-state index is 4.60. The number of rotatable bonds is 3. The Morgan fingerprint density at radius 2 is 1.69 bits per heavy atom. The second kappa shape index (κ2) is 30.5. The minimum absolute atomic E-state index is 1.34. The SMILES string of the molecule is C#CC.C=C/C=C\C.CCCCC. The summed E-state index contributed by atoms with van der Waals surface area (Å²) in [4.78, 5) is 0. The fourth-order valence-electron chi connectivity index (χ4n) is 0.490. The second-order valence-electron chi connectivity index (χ2n) is 2.40. The van der Waals surface area contributed by atoms with Gasteiger partial charge in [-0.3, -0.25) is 0 Å². The molecule has 0 saturated carbocycles. The van der Waals surface area contributed by atoms with Crippen molar-refractivity contribution < 1.29 is 0 Å². The molecule has 0 spiro atoms. The van der Waals surface area contributed by atoms with Crippen molar-refractivity contribution in [3.63, 3.8) is 0 Å². The van der Waals surface area contributed by atoms with Gasteiger partial charge >= 0.3 is 0 Å². The molecule has 0 saturated heterocycles. The molecule has 0 aromatic heterocycles. The maximum Gasteiger partial charge on any atom is -0.00297 e. The Labute approximate surface area is 84.8 Å². The van der Waals surface area contributed by atoms with Gasteiger partial charge in [0.2, 0.25) is 0 Å². The summed E-state index contributed by atoms with van der Waals surface area (Å²) in [7, 11) is 0. The van der Waals surface area contributed by atoms with E-state index in [1.165, 1.54) is 19.3 Å². The standard InChI is InChI=1S/C5H12.C5H8.C3H4/c2*1-3-5-4-2;1-3-2/h3-5H2,1-2H3;3-5H,1H2,2H3;1H,2H3/b;5-4-;. The van der Waals surface area contributed by atoms with E-state index in [4.69, 9.17) is 0 Å². The van der Waals surface area contributed by atoms with Gasteiger partial charge in [0.1, 0.15) is 0 Å². The van der Waals surface area contributed by atoms with Gasteiger partial charge in [0.15, 0.2) is 0 Å². The van der Waals surface area contributed by atoms with Gasteiger partial charge in [-0.1, -0.05) is 57.9 Å². The van der Waals surface area contributed by atoms with E-state index in [1.807, 2.05) is 19.1 Å². The van der Waals surface area contributed by atoms with Crippen LogP contribution in [0.5, 0.6) is 0 Å². The minimum Gasteiger partial charge on any atom is -0.120 e. The Kier molecular flexibility index (Phi) is 42.1. The number of allylic oxidation sites excluding steroid dienone is 3. The molecule has 13 heavy (non-hydrogen) atoms. The fourth-order valence-corrected chi connectivity index (χ4v) is 0.490. The first-order valence-electron chi connectivity index (χ1n) is 4.86. The summed E-state index contributed by atoms with van der Waals surface area (Å²) >= 11 is 0. The van der Waals surface area contributed by atoms with Gasteiger partial charge < -0.3 is 0 Å². The van der Waals surface area contributed by atoms with E-state index in [2.05, 4.69) is 32.8 Å². The van der Waals surface area contributed by atoms with Gasteiger partial charge in [-0.2, -0.15) is 0 Å². The molecule has 0 heterocycles. The Morgan fingerprint density at radius 3 is 1.69 bits per heavy atom. The van der Waals surface area contributed by atoms with E-state index in [0.717, 1.165) is 0 Å². The number of unbranched alkanes of at least 4 members (excludes halogenated alkanes) is 2. The van der Waals surface area contributed by atoms with Gasteiger partial charge in [0, 0.05) is 0 Å². The Balaban J connectivity index is -0.000000120. The molecule has 0 bridgehead atoms. The average molecular weight is 180 g/mol. The summed E-state index contributed by atoms with van der Waals surface area (Å²) in [6.07, 6.45) is 14.2. The molecule has 0 fully saturated rings. The monoisotopic (exact) mass is 180 g/mol. The summed E-state index contributed by atoms with van der Waals surface area (Å²) in [5.41, 5.74) is 0. The lowest BCUT2D eigenvalue weighted by Crippen LogP contribution is -1.59. The second-order valence-corrected chi connectivity index (χ2v) is 2.40. The average Bonchev–Trinajstić information content (AvgIpc) is 2.09. The summed E-state index contributed by atoms with van der Waals surface area (Å²) in [6, 6.07) is 0. The first-order valence-corrected chi connectivity index (χ1v) is 4.86. The zero-order chi connectivity index (χ0) is 10.9. The number of terminal acetylenes is 1. The number of hydrogen-bond donors (Lipinski definition) is 0. The predicted octanol–water partition coefficient (Wildman–Crippen LogP) is 4.58. The highest BCUT2D eigenvalue weighted by molar-refractivity contribution is 4.94. The zero-order valence-electron chi connectivity index (χ0n) is 9.64. The van der Waals surface area contributed by atoms with Crippen LogP contribution in [0.4, 0.5) is 0 Å². The van der Waals surface area contributed by atoms with Gasteiger partial charge in [-0.15, -0.1) is 12.3 Å². The van der Waals surface area contributed by atoms with Crippen molar-refractivity contribution in [2.75, 3.05) is 0 Å². The van der Waals surface area contributed by atoms with Crippen molar-refractivity contribution in [2.24, 2.45) is 0 Å². The quantitative estimate of drug-likeness (QED) is 0.440. The van der Waals surface area contributed by atoms with Crippen molar-refractivity contribution in [1.29, 1.82) is 0 Å². The molecule has 76 valence electrons. The molecule has 0 rings (SSSR count). The largest absolute Gasteiger partial charge is 0.120 e. The van der Waals surface area contributed by atoms with Crippen LogP contribution in [0.3, 0.4) is 0 Å². The third-order valence-electron chi connectivity index (χ3n) is 1.04. The van der Waals surface area contributed by atoms with Crippen LogP contribution in [0.2, 0.25) is 0 Å². The van der Waals surface area contributed by atoms with Crippen molar-refractivity contribution in [3.05, 3.63) is 24.8 Å². The van der Waals surface area contributed by atoms with E-state index in [0.29, 0.717) is 0 Å². The molecule has 0 nitrogen and oxygen atoms in total. The highest BCUT2D eigenvalue weighted by Gasteiger charge is 1.68. The van der Waals surface area contributed by atoms with Gasteiger partial charge in [-0.25, -0.2) is 0 Å². The maximum absolute atomic E-state index is 4.60. The van der Waals surface area contributed by atoms with Crippen molar-refractivity contribution in [1.82, 2.24) is 0 Å². The van der Waals surface area contributed by atoms with Crippen LogP contribution >= 0.6 is 0 Å². The Morgan fingerprint density at radius 1 is 1.31 bits per heavy atom. The van der Waals surface area contributed by atoms with E-state index >= 15 is 0 Å². The smallest absolute Gasteiger partial charge is 0.00297 e. The highest BCUT2D eigenvalue weighted by atomic mass is 13.7. The predicted molar refractivity (Wildman–Crippen MR) is 64.7 cm³/mol. The Bertz CT molecular complexity index is 121. The third-order valence-corrected chi connectivity index (χ3v) is 1.04. The molecule has 0 atom stereocenters. The van der Waals surface area contributed by atoms with Crippen molar-refractivity contribution in [3.8, 4) is 12.3 Å². The molecule has 0 radical (unpaired) electrons. The van der Waals surface area contributed by atoms with Gasteiger partial charge in [-0.05, 0) is 13.8 Å². The molecule has 0 heteroatoms.